The van der Waals surface area contributed by atoms with E-state index in [2.05, 4.69) is 70.5 Å². The molecule has 2 aromatic rings. The number of unbranched alkanes of at least 4 members (excludes halogenated alkanes) is 2. The number of alkyl halides is 1. The van der Waals surface area contributed by atoms with Crippen molar-refractivity contribution in [3.8, 4) is 5.75 Å². The van der Waals surface area contributed by atoms with Gasteiger partial charge in [0.15, 0.2) is 0 Å². The number of rotatable bonds is 10. The first kappa shape index (κ1) is 17.1. The van der Waals surface area contributed by atoms with Gasteiger partial charge in [-0.1, -0.05) is 58.4 Å². The maximum absolute atomic E-state index is 5.81. The van der Waals surface area contributed by atoms with Crippen LogP contribution in [0.5, 0.6) is 5.75 Å². The summed E-state index contributed by atoms with van der Waals surface area (Å²) in [5.74, 6) is 0.991. The van der Waals surface area contributed by atoms with Crippen LogP contribution in [0.15, 0.2) is 54.6 Å². The van der Waals surface area contributed by atoms with Crippen molar-refractivity contribution in [3.05, 3.63) is 65.7 Å². The van der Waals surface area contributed by atoms with E-state index >= 15 is 0 Å². The van der Waals surface area contributed by atoms with Gasteiger partial charge in [-0.2, -0.15) is 0 Å². The van der Waals surface area contributed by atoms with Gasteiger partial charge in [0.05, 0.1) is 6.61 Å². The fraction of sp³-hybridized carbons (Fsp3) is 0.400. The molecular weight excluding hydrogens is 336 g/mol. The normalized spacial score (nSPS) is 10.6. The van der Waals surface area contributed by atoms with Crippen LogP contribution < -0.4 is 4.74 Å². The number of halogens is 1. The third-order valence-electron chi connectivity index (χ3n) is 3.74. The standard InChI is InChI=1S/C20H25BrO/c21-16-7-11-19-12-14-20(15-13-19)22-17-6-2-5-10-18-8-3-1-4-9-18/h1,3-4,8-9,12-15H,2,5-7,10-11,16-17H2. The van der Waals surface area contributed by atoms with Crippen molar-refractivity contribution in [1.82, 2.24) is 0 Å². The molecular formula is C20H25BrO. The molecule has 1 nitrogen and oxygen atoms in total. The Labute approximate surface area is 142 Å². The van der Waals surface area contributed by atoms with Crippen molar-refractivity contribution in [1.29, 1.82) is 0 Å². The van der Waals surface area contributed by atoms with Crippen LogP contribution in [0.4, 0.5) is 0 Å². The van der Waals surface area contributed by atoms with Gasteiger partial charge < -0.3 is 4.74 Å². The average molecular weight is 361 g/mol. The van der Waals surface area contributed by atoms with E-state index in [0.29, 0.717) is 0 Å². The van der Waals surface area contributed by atoms with E-state index in [4.69, 9.17) is 4.74 Å². The first-order chi connectivity index (χ1) is 10.9. The second-order valence-electron chi connectivity index (χ2n) is 5.58. The van der Waals surface area contributed by atoms with E-state index in [1.165, 1.54) is 36.8 Å². The average Bonchev–Trinajstić information content (AvgIpc) is 2.58. The lowest BCUT2D eigenvalue weighted by Gasteiger charge is -2.07. The molecule has 0 fully saturated rings. The van der Waals surface area contributed by atoms with Gasteiger partial charge in [-0.15, -0.1) is 0 Å². The molecule has 0 heterocycles. The number of aryl methyl sites for hydroxylation is 2. The lowest BCUT2D eigenvalue weighted by atomic mass is 10.1. The lowest BCUT2D eigenvalue weighted by molar-refractivity contribution is 0.305. The molecule has 2 heteroatoms. The Morgan fingerprint density at radius 2 is 1.36 bits per heavy atom. The fourth-order valence-electron chi connectivity index (χ4n) is 2.47. The number of ether oxygens (including phenoxy) is 1. The highest BCUT2D eigenvalue weighted by molar-refractivity contribution is 9.09. The second-order valence-corrected chi connectivity index (χ2v) is 6.37. The van der Waals surface area contributed by atoms with E-state index in [9.17, 15) is 0 Å². The van der Waals surface area contributed by atoms with Crippen LogP contribution in [-0.2, 0) is 12.8 Å². The minimum Gasteiger partial charge on any atom is -0.494 e. The van der Waals surface area contributed by atoms with Crippen LogP contribution >= 0.6 is 15.9 Å². The molecule has 118 valence electrons. The minimum atomic E-state index is 0.815. The van der Waals surface area contributed by atoms with E-state index in [-0.39, 0.29) is 0 Å². The van der Waals surface area contributed by atoms with Crippen molar-refractivity contribution in [3.63, 3.8) is 0 Å². The molecule has 0 amide bonds. The van der Waals surface area contributed by atoms with Gasteiger partial charge in [-0.05, 0) is 61.8 Å². The molecule has 0 aliphatic carbocycles. The highest BCUT2D eigenvalue weighted by atomic mass is 79.9. The molecule has 0 aliphatic rings. The highest BCUT2D eigenvalue weighted by Crippen LogP contribution is 2.14. The monoisotopic (exact) mass is 360 g/mol. The van der Waals surface area contributed by atoms with Crippen LogP contribution in [0.2, 0.25) is 0 Å². The Morgan fingerprint density at radius 1 is 0.682 bits per heavy atom. The molecule has 0 saturated carbocycles. The molecule has 0 aliphatic heterocycles. The van der Waals surface area contributed by atoms with Crippen LogP contribution in [0, 0.1) is 0 Å². The number of benzene rings is 2. The summed E-state index contributed by atoms with van der Waals surface area (Å²) < 4.78 is 5.81. The summed E-state index contributed by atoms with van der Waals surface area (Å²) in [6.45, 7) is 0.815. The lowest BCUT2D eigenvalue weighted by Crippen LogP contribution is -1.98. The van der Waals surface area contributed by atoms with Crippen molar-refractivity contribution in [2.45, 2.75) is 38.5 Å². The van der Waals surface area contributed by atoms with E-state index < -0.39 is 0 Å². The summed E-state index contributed by atoms with van der Waals surface area (Å²) in [6.07, 6.45) is 7.06. The summed E-state index contributed by atoms with van der Waals surface area (Å²) >= 11 is 3.47. The Balaban J connectivity index is 1.56. The van der Waals surface area contributed by atoms with Gasteiger partial charge in [0.2, 0.25) is 0 Å². The van der Waals surface area contributed by atoms with Gasteiger partial charge in [-0.3, -0.25) is 0 Å². The summed E-state index contributed by atoms with van der Waals surface area (Å²) in [4.78, 5) is 0. The number of hydrogen-bond donors (Lipinski definition) is 0. The van der Waals surface area contributed by atoms with Crippen molar-refractivity contribution in [2.24, 2.45) is 0 Å². The first-order valence-electron chi connectivity index (χ1n) is 8.20. The van der Waals surface area contributed by atoms with Gasteiger partial charge >= 0.3 is 0 Å². The zero-order valence-electron chi connectivity index (χ0n) is 13.1. The summed E-state index contributed by atoms with van der Waals surface area (Å²) in [7, 11) is 0. The molecule has 2 aromatic carbocycles. The zero-order valence-corrected chi connectivity index (χ0v) is 14.7. The maximum atomic E-state index is 5.81. The fourth-order valence-corrected chi connectivity index (χ4v) is 2.75. The molecule has 0 bridgehead atoms. The topological polar surface area (TPSA) is 9.23 Å². The smallest absolute Gasteiger partial charge is 0.119 e. The Morgan fingerprint density at radius 3 is 2.09 bits per heavy atom. The van der Waals surface area contributed by atoms with Crippen LogP contribution in [0.1, 0.15) is 36.8 Å². The molecule has 0 N–H and O–H groups in total. The largest absolute Gasteiger partial charge is 0.494 e. The van der Waals surface area contributed by atoms with Gasteiger partial charge in [-0.25, -0.2) is 0 Å². The predicted octanol–water partition coefficient (Wildman–Crippen LogP) is 5.81. The van der Waals surface area contributed by atoms with E-state index in [1.807, 2.05) is 0 Å². The van der Waals surface area contributed by atoms with Crippen molar-refractivity contribution >= 4 is 15.9 Å². The zero-order chi connectivity index (χ0) is 15.5. The van der Waals surface area contributed by atoms with Crippen LogP contribution in [0.25, 0.3) is 0 Å². The van der Waals surface area contributed by atoms with E-state index in [0.717, 1.165) is 30.5 Å². The Kier molecular flexibility index (Phi) is 8.11. The third kappa shape index (κ3) is 6.65. The molecule has 0 atom stereocenters. The van der Waals surface area contributed by atoms with E-state index in [1.54, 1.807) is 0 Å². The van der Waals surface area contributed by atoms with Crippen molar-refractivity contribution < 1.29 is 4.74 Å². The molecule has 0 radical (unpaired) electrons. The molecule has 0 aromatic heterocycles. The van der Waals surface area contributed by atoms with Crippen molar-refractivity contribution in [2.75, 3.05) is 11.9 Å². The third-order valence-corrected chi connectivity index (χ3v) is 4.30. The maximum Gasteiger partial charge on any atom is 0.119 e. The molecule has 0 saturated heterocycles. The van der Waals surface area contributed by atoms with Gasteiger partial charge in [0.25, 0.3) is 0 Å². The first-order valence-corrected chi connectivity index (χ1v) is 9.32. The number of hydrogen-bond acceptors (Lipinski definition) is 1. The highest BCUT2D eigenvalue weighted by Gasteiger charge is 1.97. The van der Waals surface area contributed by atoms with Crippen LogP contribution in [0.3, 0.4) is 0 Å². The van der Waals surface area contributed by atoms with Crippen LogP contribution in [-0.4, -0.2) is 11.9 Å². The summed E-state index contributed by atoms with van der Waals surface area (Å²) in [5.41, 5.74) is 2.82. The minimum absolute atomic E-state index is 0.815. The van der Waals surface area contributed by atoms with Gasteiger partial charge in [0.1, 0.15) is 5.75 Å². The summed E-state index contributed by atoms with van der Waals surface area (Å²) in [5, 5.41) is 1.06. The molecule has 2 rings (SSSR count). The quantitative estimate of drug-likeness (QED) is 0.384. The molecule has 0 spiro atoms. The summed E-state index contributed by atoms with van der Waals surface area (Å²) in [6, 6.07) is 19.2. The SMILES string of the molecule is BrCCCc1ccc(OCCCCCc2ccccc2)cc1. The van der Waals surface area contributed by atoms with Gasteiger partial charge in [0, 0.05) is 5.33 Å². The second kappa shape index (κ2) is 10.4. The Hall–Kier alpha value is -1.28. The molecule has 0 unspecified atom stereocenters. The predicted molar refractivity (Wildman–Crippen MR) is 98.0 cm³/mol. The Bertz CT molecular complexity index is 507. The molecule has 22 heavy (non-hydrogen) atoms.